The molecule has 0 spiro atoms. The lowest BCUT2D eigenvalue weighted by molar-refractivity contribution is -0.138. The van der Waals surface area contributed by atoms with Crippen molar-refractivity contribution < 1.29 is 18.0 Å². The van der Waals surface area contributed by atoms with E-state index in [-0.39, 0.29) is 36.2 Å². The van der Waals surface area contributed by atoms with Crippen molar-refractivity contribution in [3.05, 3.63) is 71.1 Å². The van der Waals surface area contributed by atoms with Crippen molar-refractivity contribution in [2.45, 2.75) is 38.9 Å². The number of carbonyl (C=O) groups is 1. The van der Waals surface area contributed by atoms with Gasteiger partial charge in [-0.1, -0.05) is 19.1 Å². The molecule has 1 aromatic carbocycles. The minimum atomic E-state index is -4.51. The Labute approximate surface area is 225 Å². The van der Waals surface area contributed by atoms with Crippen LogP contribution >= 0.6 is 0 Å². The predicted molar refractivity (Wildman–Crippen MR) is 147 cm³/mol. The number of fused-ring (bicyclic) bond motifs is 1. The van der Waals surface area contributed by atoms with Crippen molar-refractivity contribution >= 4 is 28.3 Å². The standard InChI is InChI=1S/C29H33F3N6O/c1-18-11-23(5-6-25(18)22-13-21-12-19(2)36-28(21)35-15-22)34-16-27(39)37-24-4-3-20(26(14-24)29(30,31)32)17-38-9-7-33-8-10-38/h3-6,12-15,18,25,33H,7-11,16-17H2,1-2H3,(H,35,36)(H,37,39). The molecule has 3 heterocycles. The number of allylic oxidation sites excluding steroid dienone is 2. The average Bonchev–Trinajstić information content (AvgIpc) is 3.27. The number of aromatic amines is 1. The van der Waals surface area contributed by atoms with Crippen molar-refractivity contribution in [3.63, 3.8) is 0 Å². The number of piperazine rings is 1. The van der Waals surface area contributed by atoms with Gasteiger partial charge >= 0.3 is 6.18 Å². The molecule has 1 fully saturated rings. The molecule has 2 aromatic heterocycles. The molecular formula is C29H33F3N6O. The van der Waals surface area contributed by atoms with Crippen LogP contribution in [0.25, 0.3) is 11.0 Å². The van der Waals surface area contributed by atoms with Crippen LogP contribution in [0.4, 0.5) is 18.9 Å². The van der Waals surface area contributed by atoms with E-state index in [0.717, 1.165) is 47.2 Å². The lowest BCUT2D eigenvalue weighted by Gasteiger charge is -2.28. The summed E-state index contributed by atoms with van der Waals surface area (Å²) in [7, 11) is 0. The molecule has 206 valence electrons. The first kappa shape index (κ1) is 27.1. The molecule has 3 N–H and O–H groups in total. The second kappa shape index (κ2) is 11.3. The fourth-order valence-corrected chi connectivity index (χ4v) is 5.38. The van der Waals surface area contributed by atoms with E-state index in [1.165, 1.54) is 12.1 Å². The summed E-state index contributed by atoms with van der Waals surface area (Å²) in [5, 5.41) is 6.86. The van der Waals surface area contributed by atoms with Crippen molar-refractivity contribution in [3.8, 4) is 0 Å². The molecule has 0 bridgehead atoms. The molecule has 5 rings (SSSR count). The van der Waals surface area contributed by atoms with Gasteiger partial charge < -0.3 is 15.6 Å². The number of amides is 1. The van der Waals surface area contributed by atoms with Crippen LogP contribution in [0.3, 0.4) is 0 Å². The van der Waals surface area contributed by atoms with E-state index in [0.29, 0.717) is 19.5 Å². The number of H-pyrrole nitrogens is 1. The summed E-state index contributed by atoms with van der Waals surface area (Å²) in [6, 6.07) is 8.23. The van der Waals surface area contributed by atoms with Crippen LogP contribution in [0.2, 0.25) is 0 Å². The van der Waals surface area contributed by atoms with Gasteiger partial charge in [-0.3, -0.25) is 14.7 Å². The van der Waals surface area contributed by atoms with Crippen LogP contribution in [0.5, 0.6) is 0 Å². The minimum absolute atomic E-state index is 0.118. The van der Waals surface area contributed by atoms with Gasteiger partial charge in [-0.25, -0.2) is 4.98 Å². The average molecular weight is 539 g/mol. The Bertz CT molecular complexity index is 1400. The van der Waals surface area contributed by atoms with Crippen LogP contribution in [-0.4, -0.2) is 59.2 Å². The van der Waals surface area contributed by atoms with Crippen molar-refractivity contribution in [1.29, 1.82) is 0 Å². The van der Waals surface area contributed by atoms with E-state index in [2.05, 4.69) is 50.7 Å². The van der Waals surface area contributed by atoms with Gasteiger partial charge in [0.1, 0.15) is 12.2 Å². The number of hydrogen-bond acceptors (Lipinski definition) is 5. The highest BCUT2D eigenvalue weighted by atomic mass is 19.4. The van der Waals surface area contributed by atoms with Gasteiger partial charge in [0.05, 0.1) is 5.56 Å². The van der Waals surface area contributed by atoms with Crippen LogP contribution in [0.15, 0.2) is 53.7 Å². The maximum Gasteiger partial charge on any atom is 0.416 e. The third-order valence-electron chi connectivity index (χ3n) is 7.38. The van der Waals surface area contributed by atoms with Gasteiger partial charge in [-0.05, 0) is 60.7 Å². The zero-order chi connectivity index (χ0) is 27.6. The molecule has 3 aromatic rings. The normalized spacial score (nSPS) is 21.5. The summed E-state index contributed by atoms with van der Waals surface area (Å²) >= 11 is 0. The number of aromatic nitrogens is 2. The second-order valence-electron chi connectivity index (χ2n) is 10.5. The van der Waals surface area contributed by atoms with Crippen LogP contribution in [-0.2, 0) is 17.5 Å². The van der Waals surface area contributed by atoms with Gasteiger partial charge in [-0.2, -0.15) is 13.2 Å². The Balaban J connectivity index is 1.22. The van der Waals surface area contributed by atoms with E-state index in [9.17, 15) is 18.0 Å². The molecule has 1 saturated heterocycles. The molecule has 2 unspecified atom stereocenters. The van der Waals surface area contributed by atoms with Gasteiger partial charge in [0.2, 0.25) is 5.91 Å². The Morgan fingerprint density at radius 3 is 2.74 bits per heavy atom. The van der Waals surface area contributed by atoms with Crippen LogP contribution < -0.4 is 10.6 Å². The molecule has 0 radical (unpaired) electrons. The monoisotopic (exact) mass is 538 g/mol. The summed E-state index contributed by atoms with van der Waals surface area (Å²) in [5.41, 5.74) is 3.46. The molecule has 0 saturated carbocycles. The summed E-state index contributed by atoms with van der Waals surface area (Å²) in [6.07, 6.45) is 2.09. The maximum absolute atomic E-state index is 13.8. The Morgan fingerprint density at radius 1 is 1.21 bits per heavy atom. The predicted octanol–water partition coefficient (Wildman–Crippen LogP) is 5.05. The number of benzene rings is 1. The summed E-state index contributed by atoms with van der Waals surface area (Å²) in [5.74, 6) is -0.00908. The quantitative estimate of drug-likeness (QED) is 0.410. The fraction of sp³-hybridized carbons (Fsp3) is 0.414. The first-order valence-corrected chi connectivity index (χ1v) is 13.3. The Hall–Kier alpha value is -3.50. The zero-order valence-corrected chi connectivity index (χ0v) is 22.1. The largest absolute Gasteiger partial charge is 0.416 e. The number of aliphatic imine (C=N–C) groups is 1. The molecule has 1 aliphatic carbocycles. The third-order valence-corrected chi connectivity index (χ3v) is 7.38. The fourth-order valence-electron chi connectivity index (χ4n) is 5.38. The van der Waals surface area contributed by atoms with Crippen LogP contribution in [0.1, 0.15) is 41.6 Å². The van der Waals surface area contributed by atoms with E-state index in [4.69, 9.17) is 0 Å². The summed E-state index contributed by atoms with van der Waals surface area (Å²) in [4.78, 5) is 26.8. The van der Waals surface area contributed by atoms with E-state index in [1.807, 2.05) is 24.1 Å². The van der Waals surface area contributed by atoms with Crippen molar-refractivity contribution in [2.24, 2.45) is 10.9 Å². The number of nitrogens with zero attached hydrogens (tertiary/aromatic N) is 3. The van der Waals surface area contributed by atoms with Crippen LogP contribution in [0, 0.1) is 12.8 Å². The van der Waals surface area contributed by atoms with Gasteiger partial charge in [0, 0.05) is 67.3 Å². The highest BCUT2D eigenvalue weighted by molar-refractivity contribution is 5.99. The third kappa shape index (κ3) is 6.57. The summed E-state index contributed by atoms with van der Waals surface area (Å²) < 4.78 is 41.4. The first-order chi connectivity index (χ1) is 18.7. The zero-order valence-electron chi connectivity index (χ0n) is 22.1. The molecule has 10 heteroatoms. The number of nitrogens with one attached hydrogen (secondary N) is 3. The number of aryl methyl sites for hydroxylation is 1. The molecular weight excluding hydrogens is 505 g/mol. The lowest BCUT2D eigenvalue weighted by atomic mass is 9.80. The van der Waals surface area contributed by atoms with Gasteiger partial charge in [0.15, 0.2) is 0 Å². The minimum Gasteiger partial charge on any atom is -0.344 e. The highest BCUT2D eigenvalue weighted by Crippen LogP contribution is 2.35. The number of pyridine rings is 1. The first-order valence-electron chi connectivity index (χ1n) is 13.3. The number of rotatable bonds is 6. The topological polar surface area (TPSA) is 85.4 Å². The molecule has 2 aliphatic rings. The Kier molecular flexibility index (Phi) is 7.86. The number of carbonyl (C=O) groups excluding carboxylic acids is 1. The lowest BCUT2D eigenvalue weighted by Crippen LogP contribution is -2.43. The highest BCUT2D eigenvalue weighted by Gasteiger charge is 2.34. The number of anilines is 1. The van der Waals surface area contributed by atoms with E-state index in [1.54, 1.807) is 0 Å². The molecule has 39 heavy (non-hydrogen) atoms. The van der Waals surface area contributed by atoms with E-state index >= 15 is 0 Å². The number of halogens is 3. The van der Waals surface area contributed by atoms with Crippen molar-refractivity contribution in [1.82, 2.24) is 20.2 Å². The number of hydrogen-bond donors (Lipinski definition) is 3. The van der Waals surface area contributed by atoms with E-state index < -0.39 is 17.6 Å². The Morgan fingerprint density at radius 2 is 2.00 bits per heavy atom. The molecule has 7 nitrogen and oxygen atoms in total. The molecule has 2 atom stereocenters. The summed E-state index contributed by atoms with van der Waals surface area (Å²) in [6.45, 7) is 7.11. The smallest absolute Gasteiger partial charge is 0.344 e. The maximum atomic E-state index is 13.8. The van der Waals surface area contributed by atoms with Gasteiger partial charge in [0.25, 0.3) is 0 Å². The molecule has 1 amide bonds. The second-order valence-corrected chi connectivity index (χ2v) is 10.5. The van der Waals surface area contributed by atoms with Gasteiger partial charge in [-0.15, -0.1) is 0 Å². The number of alkyl halides is 3. The van der Waals surface area contributed by atoms with Crippen molar-refractivity contribution in [2.75, 3.05) is 38.0 Å². The molecule has 1 aliphatic heterocycles. The SMILES string of the molecule is Cc1cc2cc(C3C=CC(=NCC(=O)Nc4ccc(CN5CCNCC5)c(C(F)(F)F)c4)CC3C)cnc2[nH]1.